The summed E-state index contributed by atoms with van der Waals surface area (Å²) in [6.45, 7) is 4.03. The predicted molar refractivity (Wildman–Crippen MR) is 103 cm³/mol. The molecule has 0 saturated carbocycles. The number of hydrogen-bond acceptors (Lipinski definition) is 3. The van der Waals surface area contributed by atoms with Gasteiger partial charge in [0.25, 0.3) is 5.91 Å². The van der Waals surface area contributed by atoms with Crippen LogP contribution < -0.4 is 5.73 Å². The lowest BCUT2D eigenvalue weighted by Crippen LogP contribution is -2.51. The molecule has 0 aliphatic carbocycles. The van der Waals surface area contributed by atoms with E-state index in [-0.39, 0.29) is 17.9 Å². The van der Waals surface area contributed by atoms with E-state index in [0.717, 1.165) is 19.3 Å². The van der Waals surface area contributed by atoms with Crippen molar-refractivity contribution in [1.82, 2.24) is 9.80 Å². The fourth-order valence-corrected chi connectivity index (χ4v) is 4.49. The molecule has 0 spiro atoms. The average molecular weight is 398 g/mol. The molecule has 0 aromatic heterocycles. The molecule has 7 heteroatoms. The molecule has 2 unspecified atom stereocenters. The monoisotopic (exact) mass is 397 g/mol. The van der Waals surface area contributed by atoms with Crippen LogP contribution in [0.15, 0.2) is 18.2 Å². The summed E-state index contributed by atoms with van der Waals surface area (Å²) in [6.07, 6.45) is 3.38. The predicted octanol–water partition coefficient (Wildman–Crippen LogP) is 3.18. The van der Waals surface area contributed by atoms with Crippen LogP contribution in [0.2, 0.25) is 10.0 Å². The number of hydrogen-bond donors (Lipinski definition) is 1. The first-order valence-corrected chi connectivity index (χ1v) is 9.94. The Balaban J connectivity index is 1.70. The maximum absolute atomic E-state index is 13.0. The highest BCUT2D eigenvalue weighted by atomic mass is 35.5. The summed E-state index contributed by atoms with van der Waals surface area (Å²) < 4.78 is 0. The molecule has 1 aromatic rings. The summed E-state index contributed by atoms with van der Waals surface area (Å²) in [5.74, 6) is 0.330. The van der Waals surface area contributed by atoms with Gasteiger partial charge in [0.1, 0.15) is 6.04 Å². The standard InChI is InChI=1S/C19H25Cl2N3O2/c1-12(22)13-4-7-23(8-5-13)19(26)17-3-2-6-24(17)18(25)14-9-15(20)11-16(21)10-14/h9-13,17H,2-8,22H2,1H3. The van der Waals surface area contributed by atoms with Crippen LogP contribution in [0.25, 0.3) is 0 Å². The number of benzene rings is 1. The van der Waals surface area contributed by atoms with Crippen LogP contribution in [-0.4, -0.2) is 53.3 Å². The Labute approximate surface area is 164 Å². The van der Waals surface area contributed by atoms with Crippen LogP contribution >= 0.6 is 23.2 Å². The SMILES string of the molecule is CC(N)C1CCN(C(=O)C2CCCN2C(=O)c2cc(Cl)cc(Cl)c2)CC1. The van der Waals surface area contributed by atoms with Gasteiger partial charge in [-0.3, -0.25) is 9.59 Å². The van der Waals surface area contributed by atoms with Crippen molar-refractivity contribution in [3.05, 3.63) is 33.8 Å². The molecule has 5 nitrogen and oxygen atoms in total. The summed E-state index contributed by atoms with van der Waals surface area (Å²) in [5.41, 5.74) is 6.41. The van der Waals surface area contributed by atoms with Gasteiger partial charge in [0.05, 0.1) is 0 Å². The normalized spacial score (nSPS) is 22.5. The van der Waals surface area contributed by atoms with Crippen LogP contribution in [0.3, 0.4) is 0 Å². The first kappa shape index (κ1) is 19.5. The fourth-order valence-electron chi connectivity index (χ4n) is 3.97. The van der Waals surface area contributed by atoms with Crippen LogP contribution in [0.1, 0.15) is 43.0 Å². The van der Waals surface area contributed by atoms with E-state index < -0.39 is 6.04 Å². The zero-order valence-electron chi connectivity index (χ0n) is 15.0. The van der Waals surface area contributed by atoms with E-state index in [1.165, 1.54) is 0 Å². The Kier molecular flexibility index (Phi) is 6.10. The molecule has 142 valence electrons. The third kappa shape index (κ3) is 4.16. The van der Waals surface area contributed by atoms with Gasteiger partial charge in [0.15, 0.2) is 0 Å². The zero-order chi connectivity index (χ0) is 18.8. The van der Waals surface area contributed by atoms with E-state index in [4.69, 9.17) is 28.9 Å². The average Bonchev–Trinajstić information content (AvgIpc) is 3.09. The van der Waals surface area contributed by atoms with Crippen LogP contribution in [0.4, 0.5) is 0 Å². The molecule has 1 aromatic carbocycles. The minimum Gasteiger partial charge on any atom is -0.341 e. The molecule has 2 aliphatic rings. The largest absolute Gasteiger partial charge is 0.341 e. The Morgan fingerprint density at radius 3 is 2.27 bits per heavy atom. The first-order chi connectivity index (χ1) is 12.4. The minimum atomic E-state index is -0.396. The molecule has 0 bridgehead atoms. The number of halogens is 2. The van der Waals surface area contributed by atoms with Gasteiger partial charge in [0.2, 0.25) is 5.91 Å². The second kappa shape index (κ2) is 8.15. The second-order valence-electron chi connectivity index (χ2n) is 7.34. The van der Waals surface area contributed by atoms with E-state index in [9.17, 15) is 9.59 Å². The summed E-state index contributed by atoms with van der Waals surface area (Å²) in [7, 11) is 0. The van der Waals surface area contributed by atoms with E-state index in [0.29, 0.717) is 47.6 Å². The molecule has 2 saturated heterocycles. The van der Waals surface area contributed by atoms with Gasteiger partial charge in [-0.1, -0.05) is 23.2 Å². The van der Waals surface area contributed by atoms with Crippen molar-refractivity contribution >= 4 is 35.0 Å². The van der Waals surface area contributed by atoms with Crippen LogP contribution in [0, 0.1) is 5.92 Å². The highest BCUT2D eigenvalue weighted by Crippen LogP contribution is 2.27. The Morgan fingerprint density at radius 2 is 1.69 bits per heavy atom. The number of piperidine rings is 1. The third-order valence-corrected chi connectivity index (χ3v) is 5.94. The maximum atomic E-state index is 13.0. The van der Waals surface area contributed by atoms with E-state index in [2.05, 4.69) is 0 Å². The first-order valence-electron chi connectivity index (χ1n) is 9.18. The number of carbonyl (C=O) groups is 2. The quantitative estimate of drug-likeness (QED) is 0.851. The van der Waals surface area contributed by atoms with Crippen molar-refractivity contribution in [2.24, 2.45) is 11.7 Å². The van der Waals surface area contributed by atoms with Crippen molar-refractivity contribution < 1.29 is 9.59 Å². The maximum Gasteiger partial charge on any atom is 0.254 e. The van der Waals surface area contributed by atoms with E-state index >= 15 is 0 Å². The summed E-state index contributed by atoms with van der Waals surface area (Å²) in [5, 5.41) is 0.835. The molecule has 2 atom stereocenters. The molecule has 2 N–H and O–H groups in total. The number of rotatable bonds is 3. The molecule has 0 radical (unpaired) electrons. The summed E-state index contributed by atoms with van der Waals surface area (Å²) in [6, 6.07) is 4.55. The lowest BCUT2D eigenvalue weighted by molar-refractivity contribution is -0.136. The van der Waals surface area contributed by atoms with Crippen molar-refractivity contribution in [3.8, 4) is 0 Å². The number of carbonyl (C=O) groups excluding carboxylic acids is 2. The number of amides is 2. The van der Waals surface area contributed by atoms with Crippen LogP contribution in [-0.2, 0) is 4.79 Å². The molecule has 3 rings (SSSR count). The highest BCUT2D eigenvalue weighted by Gasteiger charge is 2.38. The Hall–Kier alpha value is -1.30. The number of nitrogens with zero attached hydrogens (tertiary/aromatic N) is 2. The van der Waals surface area contributed by atoms with Gasteiger partial charge in [-0.2, -0.15) is 0 Å². The smallest absolute Gasteiger partial charge is 0.254 e. The second-order valence-corrected chi connectivity index (χ2v) is 8.21. The van der Waals surface area contributed by atoms with Gasteiger partial charge < -0.3 is 15.5 Å². The van der Waals surface area contributed by atoms with E-state index in [1.807, 2.05) is 11.8 Å². The lowest BCUT2D eigenvalue weighted by atomic mass is 9.90. The molecule has 2 heterocycles. The zero-order valence-corrected chi connectivity index (χ0v) is 16.5. The Morgan fingerprint density at radius 1 is 1.08 bits per heavy atom. The van der Waals surface area contributed by atoms with Gasteiger partial charge in [-0.25, -0.2) is 0 Å². The molecular weight excluding hydrogens is 373 g/mol. The lowest BCUT2D eigenvalue weighted by Gasteiger charge is -2.36. The number of nitrogens with two attached hydrogens (primary N) is 1. The molecule has 2 fully saturated rings. The summed E-state index contributed by atoms with van der Waals surface area (Å²) >= 11 is 12.0. The molecule has 2 aliphatic heterocycles. The van der Waals surface area contributed by atoms with Gasteiger partial charge in [0, 0.05) is 41.3 Å². The number of likely N-dealkylation sites (tertiary alicyclic amines) is 2. The van der Waals surface area contributed by atoms with Crippen molar-refractivity contribution in [2.75, 3.05) is 19.6 Å². The summed E-state index contributed by atoms with van der Waals surface area (Å²) in [4.78, 5) is 29.5. The minimum absolute atomic E-state index is 0.0482. The highest BCUT2D eigenvalue weighted by molar-refractivity contribution is 6.35. The van der Waals surface area contributed by atoms with Crippen molar-refractivity contribution in [2.45, 2.75) is 44.7 Å². The van der Waals surface area contributed by atoms with Gasteiger partial charge in [-0.15, -0.1) is 0 Å². The van der Waals surface area contributed by atoms with Crippen molar-refractivity contribution in [1.29, 1.82) is 0 Å². The third-order valence-electron chi connectivity index (χ3n) is 5.50. The van der Waals surface area contributed by atoms with Gasteiger partial charge >= 0.3 is 0 Å². The topological polar surface area (TPSA) is 66.6 Å². The Bertz CT molecular complexity index is 667. The van der Waals surface area contributed by atoms with Gasteiger partial charge in [-0.05, 0) is 56.7 Å². The van der Waals surface area contributed by atoms with Crippen LogP contribution in [0.5, 0.6) is 0 Å². The fraction of sp³-hybridized carbons (Fsp3) is 0.579. The molecular formula is C19H25Cl2N3O2. The molecule has 26 heavy (non-hydrogen) atoms. The van der Waals surface area contributed by atoms with Crippen molar-refractivity contribution in [3.63, 3.8) is 0 Å². The van der Waals surface area contributed by atoms with E-state index in [1.54, 1.807) is 23.1 Å². The molecule has 2 amide bonds.